The molecule has 2 N–H and O–H groups in total. The third-order valence-corrected chi connectivity index (χ3v) is 4.64. The molecule has 1 aliphatic carbocycles. The third kappa shape index (κ3) is 2.33. The van der Waals surface area contributed by atoms with Crippen LogP contribution < -0.4 is 5.73 Å². The number of aromatic nitrogens is 1. The average Bonchev–Trinajstić information content (AvgIpc) is 3.09. The summed E-state index contributed by atoms with van der Waals surface area (Å²) in [4.78, 5) is 4.81. The number of hydrogen-bond acceptors (Lipinski definition) is 3. The summed E-state index contributed by atoms with van der Waals surface area (Å²) in [6, 6.07) is 8.43. The van der Waals surface area contributed by atoms with Crippen molar-refractivity contribution in [1.29, 1.82) is 0 Å². The first-order chi connectivity index (χ1) is 8.86. The summed E-state index contributed by atoms with van der Waals surface area (Å²) in [5, 5.41) is 3.38. The van der Waals surface area contributed by atoms with Crippen molar-refractivity contribution in [1.82, 2.24) is 4.98 Å². The van der Waals surface area contributed by atoms with Gasteiger partial charge in [0.05, 0.1) is 5.69 Å². The Labute approximate surface area is 112 Å². The third-order valence-electron chi connectivity index (χ3n) is 3.73. The number of nitrogens with zero attached hydrogens (tertiary/aromatic N) is 1. The topological polar surface area (TPSA) is 38.9 Å². The molecule has 3 heteroatoms. The van der Waals surface area contributed by atoms with Crippen molar-refractivity contribution in [3.05, 3.63) is 40.9 Å². The molecule has 1 aliphatic rings. The summed E-state index contributed by atoms with van der Waals surface area (Å²) < 4.78 is 0. The predicted octanol–water partition coefficient (Wildman–Crippen LogP) is 3.93. The van der Waals surface area contributed by atoms with Crippen LogP contribution in [0.2, 0.25) is 0 Å². The maximum absolute atomic E-state index is 5.61. The highest BCUT2D eigenvalue weighted by Crippen LogP contribution is 2.36. The minimum absolute atomic E-state index is 0.603. The summed E-state index contributed by atoms with van der Waals surface area (Å²) in [5.74, 6) is 0.707. The summed E-state index contributed by atoms with van der Waals surface area (Å²) in [6.45, 7) is 0.603. The molecule has 1 saturated carbocycles. The number of benzene rings is 1. The van der Waals surface area contributed by atoms with Crippen molar-refractivity contribution in [2.45, 2.75) is 38.1 Å². The molecule has 18 heavy (non-hydrogen) atoms. The van der Waals surface area contributed by atoms with Crippen LogP contribution in [0.15, 0.2) is 29.6 Å². The quantitative estimate of drug-likeness (QED) is 0.906. The van der Waals surface area contributed by atoms with Crippen LogP contribution in [-0.4, -0.2) is 4.98 Å². The standard InChI is InChI=1S/C15H18N2S/c16-9-11-5-7-13(8-6-11)15-17-14(10-18-15)12-3-1-2-4-12/h5-8,10,12H,1-4,9,16H2. The Morgan fingerprint density at radius 1 is 1.17 bits per heavy atom. The molecular formula is C15H18N2S. The molecule has 0 saturated heterocycles. The van der Waals surface area contributed by atoms with Gasteiger partial charge in [0.25, 0.3) is 0 Å². The molecule has 1 heterocycles. The lowest BCUT2D eigenvalue weighted by Gasteiger charge is -2.03. The van der Waals surface area contributed by atoms with E-state index in [9.17, 15) is 0 Å². The molecular weight excluding hydrogens is 240 g/mol. The van der Waals surface area contributed by atoms with Gasteiger partial charge in [-0.3, -0.25) is 0 Å². The maximum Gasteiger partial charge on any atom is 0.123 e. The van der Waals surface area contributed by atoms with Crippen LogP contribution in [0.1, 0.15) is 42.9 Å². The van der Waals surface area contributed by atoms with Gasteiger partial charge in [0.2, 0.25) is 0 Å². The fourth-order valence-electron chi connectivity index (χ4n) is 2.61. The molecule has 2 aromatic rings. The molecule has 0 aliphatic heterocycles. The number of thiazole rings is 1. The van der Waals surface area contributed by atoms with Gasteiger partial charge in [0.15, 0.2) is 0 Å². The second-order valence-corrected chi connectivity index (χ2v) is 5.82. The zero-order chi connectivity index (χ0) is 12.4. The number of rotatable bonds is 3. The maximum atomic E-state index is 5.61. The van der Waals surface area contributed by atoms with Crippen LogP contribution in [0.25, 0.3) is 10.6 Å². The van der Waals surface area contributed by atoms with Gasteiger partial charge in [0.1, 0.15) is 5.01 Å². The largest absolute Gasteiger partial charge is 0.326 e. The van der Waals surface area contributed by atoms with Gasteiger partial charge >= 0.3 is 0 Å². The van der Waals surface area contributed by atoms with Gasteiger partial charge in [-0.2, -0.15) is 0 Å². The zero-order valence-corrected chi connectivity index (χ0v) is 11.2. The van der Waals surface area contributed by atoms with Gasteiger partial charge in [-0.25, -0.2) is 4.98 Å². The van der Waals surface area contributed by atoms with Crippen LogP contribution in [0, 0.1) is 0 Å². The summed E-state index contributed by atoms with van der Waals surface area (Å²) >= 11 is 1.76. The van der Waals surface area contributed by atoms with E-state index in [0.717, 1.165) is 5.01 Å². The minimum atomic E-state index is 0.603. The lowest BCUT2D eigenvalue weighted by molar-refractivity contribution is 0.704. The van der Waals surface area contributed by atoms with Crippen molar-refractivity contribution in [3.8, 4) is 10.6 Å². The van der Waals surface area contributed by atoms with Crippen molar-refractivity contribution in [2.24, 2.45) is 5.73 Å². The van der Waals surface area contributed by atoms with Gasteiger partial charge < -0.3 is 5.73 Å². The summed E-state index contributed by atoms with van der Waals surface area (Å²) in [7, 11) is 0. The van der Waals surface area contributed by atoms with Crippen molar-refractivity contribution >= 4 is 11.3 Å². The minimum Gasteiger partial charge on any atom is -0.326 e. The molecule has 1 fully saturated rings. The fraction of sp³-hybridized carbons (Fsp3) is 0.400. The van der Waals surface area contributed by atoms with Crippen LogP contribution in [-0.2, 0) is 6.54 Å². The van der Waals surface area contributed by atoms with E-state index in [-0.39, 0.29) is 0 Å². The zero-order valence-electron chi connectivity index (χ0n) is 10.4. The van der Waals surface area contributed by atoms with Gasteiger partial charge in [-0.15, -0.1) is 11.3 Å². The Balaban J connectivity index is 1.82. The Morgan fingerprint density at radius 2 is 1.89 bits per heavy atom. The molecule has 1 aromatic heterocycles. The molecule has 1 aromatic carbocycles. The predicted molar refractivity (Wildman–Crippen MR) is 76.7 cm³/mol. The Hall–Kier alpha value is -1.19. The molecule has 0 atom stereocenters. The van der Waals surface area contributed by atoms with E-state index in [2.05, 4.69) is 29.6 Å². The molecule has 3 rings (SSSR count). The van der Waals surface area contributed by atoms with Crippen LogP contribution in [0.3, 0.4) is 0 Å². The molecule has 0 bridgehead atoms. The second kappa shape index (κ2) is 5.21. The Morgan fingerprint density at radius 3 is 2.56 bits per heavy atom. The van der Waals surface area contributed by atoms with Crippen molar-refractivity contribution in [3.63, 3.8) is 0 Å². The molecule has 0 amide bonds. The molecule has 2 nitrogen and oxygen atoms in total. The summed E-state index contributed by atoms with van der Waals surface area (Å²) in [5.41, 5.74) is 9.30. The van der Waals surface area contributed by atoms with E-state index in [0.29, 0.717) is 12.5 Å². The highest BCUT2D eigenvalue weighted by Gasteiger charge is 2.19. The first-order valence-corrected chi connectivity index (χ1v) is 7.49. The molecule has 0 radical (unpaired) electrons. The van der Waals surface area contributed by atoms with E-state index in [4.69, 9.17) is 10.7 Å². The SMILES string of the molecule is NCc1ccc(-c2nc(C3CCCC3)cs2)cc1. The second-order valence-electron chi connectivity index (χ2n) is 4.96. The van der Waals surface area contributed by atoms with Crippen molar-refractivity contribution < 1.29 is 0 Å². The van der Waals surface area contributed by atoms with Crippen LogP contribution >= 0.6 is 11.3 Å². The first-order valence-electron chi connectivity index (χ1n) is 6.61. The van der Waals surface area contributed by atoms with Gasteiger partial charge in [-0.1, -0.05) is 37.1 Å². The molecule has 0 spiro atoms. The number of nitrogens with two attached hydrogens (primary N) is 1. The Kier molecular flexibility index (Phi) is 3.43. The lowest BCUT2D eigenvalue weighted by Crippen LogP contribution is -1.95. The average molecular weight is 258 g/mol. The Bertz CT molecular complexity index is 510. The van der Waals surface area contributed by atoms with E-state index in [1.807, 2.05) is 0 Å². The van der Waals surface area contributed by atoms with Gasteiger partial charge in [0, 0.05) is 23.4 Å². The lowest BCUT2D eigenvalue weighted by atomic mass is 10.1. The monoisotopic (exact) mass is 258 g/mol. The summed E-state index contributed by atoms with van der Waals surface area (Å²) in [6.07, 6.45) is 5.36. The highest BCUT2D eigenvalue weighted by atomic mass is 32.1. The van der Waals surface area contributed by atoms with Crippen LogP contribution in [0.4, 0.5) is 0 Å². The number of hydrogen-bond donors (Lipinski definition) is 1. The molecule has 0 unspecified atom stereocenters. The van der Waals surface area contributed by atoms with Crippen LogP contribution in [0.5, 0.6) is 0 Å². The fourth-order valence-corrected chi connectivity index (χ4v) is 3.52. The van der Waals surface area contributed by atoms with Gasteiger partial charge in [-0.05, 0) is 18.4 Å². The van der Waals surface area contributed by atoms with Crippen molar-refractivity contribution in [2.75, 3.05) is 0 Å². The van der Waals surface area contributed by atoms with E-state index < -0.39 is 0 Å². The first kappa shape index (κ1) is 11.9. The van der Waals surface area contributed by atoms with E-state index >= 15 is 0 Å². The normalized spacial score (nSPS) is 16.3. The van der Waals surface area contributed by atoms with E-state index in [1.165, 1.54) is 42.5 Å². The van der Waals surface area contributed by atoms with E-state index in [1.54, 1.807) is 11.3 Å². The highest BCUT2D eigenvalue weighted by molar-refractivity contribution is 7.13. The smallest absolute Gasteiger partial charge is 0.123 e. The molecule has 94 valence electrons.